The van der Waals surface area contributed by atoms with Crippen LogP contribution in [0.15, 0.2) is 18.2 Å². The molecule has 0 spiro atoms. The van der Waals surface area contributed by atoms with Crippen molar-refractivity contribution in [3.05, 3.63) is 29.3 Å². The van der Waals surface area contributed by atoms with E-state index in [1.165, 1.54) is 5.56 Å². The van der Waals surface area contributed by atoms with Crippen LogP contribution in [0.1, 0.15) is 31.4 Å². The number of terminal acetylenes is 1. The molecular formula is C15H18OS2. The van der Waals surface area contributed by atoms with E-state index < -0.39 is 0 Å². The second-order valence-corrected chi connectivity index (χ2v) is 7.46. The molecule has 0 fully saturated rings. The van der Waals surface area contributed by atoms with Gasteiger partial charge in [0.1, 0.15) is 5.75 Å². The molecule has 0 amide bonds. The topological polar surface area (TPSA) is 9.23 Å². The summed E-state index contributed by atoms with van der Waals surface area (Å²) < 4.78 is 5.89. The van der Waals surface area contributed by atoms with Gasteiger partial charge in [-0.2, -0.15) is 0 Å². The summed E-state index contributed by atoms with van der Waals surface area (Å²) in [5.41, 5.74) is 2.21. The number of benzene rings is 1. The Morgan fingerprint density at radius 3 is 2.67 bits per heavy atom. The monoisotopic (exact) mass is 278 g/mol. The third-order valence-corrected chi connectivity index (χ3v) is 6.07. The van der Waals surface area contributed by atoms with Gasteiger partial charge in [0.15, 0.2) is 0 Å². The zero-order chi connectivity index (χ0) is 13.0. The lowest BCUT2D eigenvalue weighted by Crippen LogP contribution is -2.27. The maximum atomic E-state index is 5.78. The van der Waals surface area contributed by atoms with E-state index in [1.807, 2.05) is 35.7 Å². The van der Waals surface area contributed by atoms with E-state index in [9.17, 15) is 0 Å². The van der Waals surface area contributed by atoms with Crippen LogP contribution in [0.4, 0.5) is 0 Å². The number of ether oxygens (including phenoxy) is 1. The predicted molar refractivity (Wildman–Crippen MR) is 82.4 cm³/mol. The second-order valence-electron chi connectivity index (χ2n) is 4.07. The van der Waals surface area contributed by atoms with Crippen LogP contribution in [0.3, 0.4) is 0 Å². The van der Waals surface area contributed by atoms with Gasteiger partial charge >= 0.3 is 0 Å². The third kappa shape index (κ3) is 2.50. The maximum Gasteiger partial charge on any atom is 0.124 e. The molecule has 1 nitrogen and oxygen atoms in total. The van der Waals surface area contributed by atoms with Gasteiger partial charge < -0.3 is 4.74 Å². The number of thioether (sulfide) groups is 2. The number of fused-ring (bicyclic) bond motifs is 1. The summed E-state index contributed by atoms with van der Waals surface area (Å²) in [6.07, 6.45) is 6.56. The molecule has 1 heterocycles. The van der Waals surface area contributed by atoms with E-state index in [0.29, 0.717) is 0 Å². The van der Waals surface area contributed by atoms with E-state index >= 15 is 0 Å². The third-order valence-electron chi connectivity index (χ3n) is 3.00. The smallest absolute Gasteiger partial charge is 0.124 e. The molecule has 0 radical (unpaired) electrons. The van der Waals surface area contributed by atoms with Crippen molar-refractivity contribution in [1.29, 1.82) is 0 Å². The van der Waals surface area contributed by atoms with Gasteiger partial charge in [-0.15, -0.1) is 29.9 Å². The average Bonchev–Trinajstić information content (AvgIpc) is 2.39. The molecule has 1 aromatic rings. The molecule has 3 heteroatoms. The van der Waals surface area contributed by atoms with Crippen LogP contribution in [0.25, 0.3) is 0 Å². The van der Waals surface area contributed by atoms with Crippen molar-refractivity contribution in [2.24, 2.45) is 0 Å². The number of rotatable bonds is 4. The van der Waals surface area contributed by atoms with Crippen molar-refractivity contribution in [2.75, 3.05) is 18.1 Å². The SMILES string of the molecule is C#Cc1ccc2c(c1)C(SCC)(SCC)CCO2. The summed E-state index contributed by atoms with van der Waals surface area (Å²) in [5.74, 6) is 5.93. The van der Waals surface area contributed by atoms with E-state index in [0.717, 1.165) is 35.8 Å². The molecule has 0 saturated heterocycles. The van der Waals surface area contributed by atoms with Gasteiger partial charge in [0.25, 0.3) is 0 Å². The van der Waals surface area contributed by atoms with Crippen molar-refractivity contribution in [3.8, 4) is 18.1 Å². The minimum atomic E-state index is 0.115. The lowest BCUT2D eigenvalue weighted by atomic mass is 10.0. The first-order valence-corrected chi connectivity index (χ1v) is 8.24. The van der Waals surface area contributed by atoms with Crippen LogP contribution >= 0.6 is 23.5 Å². The fraction of sp³-hybridized carbons (Fsp3) is 0.467. The molecule has 2 rings (SSSR count). The Hall–Kier alpha value is -0.720. The normalized spacial score (nSPS) is 16.5. The first-order chi connectivity index (χ1) is 8.75. The Labute approximate surface area is 118 Å². The van der Waals surface area contributed by atoms with Gasteiger partial charge in [-0.1, -0.05) is 19.8 Å². The van der Waals surface area contributed by atoms with Gasteiger partial charge in [0.05, 0.1) is 10.7 Å². The average molecular weight is 278 g/mol. The summed E-state index contributed by atoms with van der Waals surface area (Å²) in [4.78, 5) is 0. The fourth-order valence-corrected chi connectivity index (χ4v) is 5.34. The molecule has 0 bridgehead atoms. The van der Waals surface area contributed by atoms with Gasteiger partial charge in [-0.05, 0) is 29.7 Å². The summed E-state index contributed by atoms with van der Waals surface area (Å²) in [5, 5.41) is 0. The lowest BCUT2D eigenvalue weighted by molar-refractivity contribution is 0.280. The number of hydrogen-bond donors (Lipinski definition) is 0. The van der Waals surface area contributed by atoms with Crippen molar-refractivity contribution in [3.63, 3.8) is 0 Å². The molecule has 0 unspecified atom stereocenters. The highest BCUT2D eigenvalue weighted by Gasteiger charge is 2.38. The van der Waals surface area contributed by atoms with Gasteiger partial charge in [-0.3, -0.25) is 0 Å². The highest BCUT2D eigenvalue weighted by molar-refractivity contribution is 8.17. The predicted octanol–water partition coefficient (Wildman–Crippen LogP) is 4.11. The summed E-state index contributed by atoms with van der Waals surface area (Å²) in [7, 11) is 0. The molecule has 18 heavy (non-hydrogen) atoms. The van der Waals surface area contributed by atoms with Crippen LogP contribution in [0.5, 0.6) is 5.75 Å². The van der Waals surface area contributed by atoms with Gasteiger partial charge in [0.2, 0.25) is 0 Å². The Bertz CT molecular complexity index is 456. The quantitative estimate of drug-likeness (QED) is 0.606. The first-order valence-electron chi connectivity index (χ1n) is 6.27. The van der Waals surface area contributed by atoms with E-state index in [4.69, 9.17) is 11.2 Å². The maximum absolute atomic E-state index is 5.78. The highest BCUT2D eigenvalue weighted by atomic mass is 32.2. The molecular weight excluding hydrogens is 260 g/mol. The summed E-state index contributed by atoms with van der Waals surface area (Å²) >= 11 is 4.00. The zero-order valence-corrected chi connectivity index (χ0v) is 12.5. The second kappa shape index (κ2) is 5.95. The Morgan fingerprint density at radius 1 is 1.33 bits per heavy atom. The standard InChI is InChI=1S/C15H18OS2/c1-4-12-7-8-14-13(11-12)15(17-5-2,18-6-3)9-10-16-14/h1,7-8,11H,5-6,9-10H2,2-3H3. The largest absolute Gasteiger partial charge is 0.493 e. The van der Waals surface area contributed by atoms with Crippen LogP contribution in [-0.2, 0) is 4.08 Å². The van der Waals surface area contributed by atoms with E-state index in [-0.39, 0.29) is 4.08 Å². The van der Waals surface area contributed by atoms with Crippen LogP contribution in [-0.4, -0.2) is 18.1 Å². The molecule has 1 aromatic carbocycles. The van der Waals surface area contributed by atoms with Crippen molar-refractivity contribution in [1.82, 2.24) is 0 Å². The fourth-order valence-electron chi connectivity index (χ4n) is 2.28. The molecule has 0 aliphatic carbocycles. The molecule has 1 aliphatic rings. The van der Waals surface area contributed by atoms with Crippen molar-refractivity contribution in [2.45, 2.75) is 24.3 Å². The zero-order valence-electron chi connectivity index (χ0n) is 10.9. The summed E-state index contributed by atoms with van der Waals surface area (Å²) in [6.45, 7) is 5.22. The highest BCUT2D eigenvalue weighted by Crippen LogP contribution is 2.54. The van der Waals surface area contributed by atoms with E-state index in [2.05, 4.69) is 25.8 Å². The Balaban J connectivity index is 2.49. The van der Waals surface area contributed by atoms with Crippen LogP contribution in [0.2, 0.25) is 0 Å². The molecule has 0 saturated carbocycles. The Morgan fingerprint density at radius 2 is 2.06 bits per heavy atom. The lowest BCUT2D eigenvalue weighted by Gasteiger charge is -2.37. The van der Waals surface area contributed by atoms with Crippen LogP contribution in [0, 0.1) is 12.3 Å². The van der Waals surface area contributed by atoms with Gasteiger partial charge in [0, 0.05) is 17.5 Å². The molecule has 0 N–H and O–H groups in total. The van der Waals surface area contributed by atoms with Crippen LogP contribution < -0.4 is 4.74 Å². The van der Waals surface area contributed by atoms with Crippen molar-refractivity contribution < 1.29 is 4.74 Å². The summed E-state index contributed by atoms with van der Waals surface area (Å²) in [6, 6.07) is 6.10. The molecule has 0 atom stereocenters. The van der Waals surface area contributed by atoms with Crippen molar-refractivity contribution >= 4 is 23.5 Å². The molecule has 96 valence electrons. The number of hydrogen-bond acceptors (Lipinski definition) is 3. The first kappa shape index (κ1) is 13.7. The van der Waals surface area contributed by atoms with E-state index in [1.54, 1.807) is 0 Å². The minimum absolute atomic E-state index is 0.115. The Kier molecular flexibility index (Phi) is 4.53. The molecule has 1 aliphatic heterocycles. The minimum Gasteiger partial charge on any atom is -0.493 e. The van der Waals surface area contributed by atoms with Gasteiger partial charge in [-0.25, -0.2) is 0 Å². The molecule has 0 aromatic heterocycles.